The van der Waals surface area contributed by atoms with E-state index in [0.29, 0.717) is 12.5 Å². The molecular weight excluding hydrogens is 273 g/mol. The Morgan fingerprint density at radius 3 is 2.50 bits per heavy atom. The number of halogens is 3. The molecule has 1 amide bonds. The maximum Gasteiger partial charge on any atom is 0.417 e. The molecule has 0 unspecified atom stereocenters. The van der Waals surface area contributed by atoms with Crippen LogP contribution in [0, 0.1) is 5.92 Å². The Balaban J connectivity index is 2.18. The SMILES string of the molecule is NCC1CC(Oc2ccc(C(N)=O)c(C(F)(F)F)c2)C1. The number of alkyl halides is 3. The monoisotopic (exact) mass is 288 g/mol. The highest BCUT2D eigenvalue weighted by atomic mass is 19.4. The molecule has 20 heavy (non-hydrogen) atoms. The van der Waals surface area contributed by atoms with E-state index >= 15 is 0 Å². The number of primary amides is 1. The van der Waals surface area contributed by atoms with E-state index in [-0.39, 0.29) is 11.9 Å². The molecule has 1 fully saturated rings. The number of carbonyl (C=O) groups is 1. The molecule has 0 atom stereocenters. The molecule has 0 spiro atoms. The molecular formula is C13H15F3N2O2. The molecule has 110 valence electrons. The quantitative estimate of drug-likeness (QED) is 0.888. The van der Waals surface area contributed by atoms with Crippen LogP contribution in [0.2, 0.25) is 0 Å². The van der Waals surface area contributed by atoms with Crippen molar-refractivity contribution in [1.82, 2.24) is 0 Å². The second-order valence-electron chi connectivity index (χ2n) is 4.88. The molecule has 1 aliphatic carbocycles. The Kier molecular flexibility index (Phi) is 3.89. The summed E-state index contributed by atoms with van der Waals surface area (Å²) in [5.74, 6) is -0.662. The molecule has 4 N–H and O–H groups in total. The second-order valence-corrected chi connectivity index (χ2v) is 4.88. The smallest absolute Gasteiger partial charge is 0.417 e. The van der Waals surface area contributed by atoms with Crippen molar-refractivity contribution in [3.05, 3.63) is 29.3 Å². The Morgan fingerprint density at radius 2 is 2.00 bits per heavy atom. The van der Waals surface area contributed by atoms with Crippen LogP contribution >= 0.6 is 0 Å². The third kappa shape index (κ3) is 3.04. The first-order valence-electron chi connectivity index (χ1n) is 6.19. The summed E-state index contributed by atoms with van der Waals surface area (Å²) in [4.78, 5) is 11.0. The van der Waals surface area contributed by atoms with Crippen LogP contribution < -0.4 is 16.2 Å². The fourth-order valence-corrected chi connectivity index (χ4v) is 2.20. The van der Waals surface area contributed by atoms with Gasteiger partial charge in [-0.2, -0.15) is 13.2 Å². The standard InChI is InChI=1S/C13H15F3N2O2/c14-13(15,16)11-5-8(1-2-10(11)12(18)19)20-9-3-7(4-9)6-17/h1-2,5,7,9H,3-4,6,17H2,(H2,18,19). The average molecular weight is 288 g/mol. The summed E-state index contributed by atoms with van der Waals surface area (Å²) < 4.78 is 44.0. The second kappa shape index (κ2) is 5.32. The fourth-order valence-electron chi connectivity index (χ4n) is 2.20. The van der Waals surface area contributed by atoms with Crippen molar-refractivity contribution in [2.24, 2.45) is 17.4 Å². The van der Waals surface area contributed by atoms with E-state index in [9.17, 15) is 18.0 Å². The number of ether oxygens (including phenoxy) is 1. The Labute approximate surface area is 113 Å². The van der Waals surface area contributed by atoms with Crippen molar-refractivity contribution in [1.29, 1.82) is 0 Å². The summed E-state index contributed by atoms with van der Waals surface area (Å²) in [6, 6.07) is 3.18. The average Bonchev–Trinajstić information content (AvgIpc) is 2.31. The first kappa shape index (κ1) is 14.6. The molecule has 0 aromatic heterocycles. The topological polar surface area (TPSA) is 78.3 Å². The molecule has 0 bridgehead atoms. The van der Waals surface area contributed by atoms with Crippen molar-refractivity contribution in [2.75, 3.05) is 6.54 Å². The van der Waals surface area contributed by atoms with Gasteiger partial charge < -0.3 is 16.2 Å². The van der Waals surface area contributed by atoms with E-state index < -0.39 is 23.2 Å². The molecule has 2 rings (SSSR count). The number of hydrogen-bond donors (Lipinski definition) is 2. The summed E-state index contributed by atoms with van der Waals surface area (Å²) in [6.07, 6.45) is -3.31. The van der Waals surface area contributed by atoms with Gasteiger partial charge in [0.25, 0.3) is 0 Å². The molecule has 1 aromatic rings. The van der Waals surface area contributed by atoms with Crippen LogP contribution in [0.1, 0.15) is 28.8 Å². The summed E-state index contributed by atoms with van der Waals surface area (Å²) in [5.41, 5.74) is 8.78. The zero-order chi connectivity index (χ0) is 14.9. The largest absolute Gasteiger partial charge is 0.490 e. The third-order valence-corrected chi connectivity index (χ3v) is 3.39. The molecule has 1 aliphatic rings. The van der Waals surface area contributed by atoms with Gasteiger partial charge in [0.05, 0.1) is 17.2 Å². The maximum atomic E-state index is 12.9. The Morgan fingerprint density at radius 1 is 1.35 bits per heavy atom. The van der Waals surface area contributed by atoms with Gasteiger partial charge in [0, 0.05) is 0 Å². The fraction of sp³-hybridized carbons (Fsp3) is 0.462. The molecule has 0 aliphatic heterocycles. The van der Waals surface area contributed by atoms with E-state index in [2.05, 4.69) is 0 Å². The zero-order valence-corrected chi connectivity index (χ0v) is 10.6. The molecule has 1 saturated carbocycles. The lowest BCUT2D eigenvalue weighted by Crippen LogP contribution is -2.37. The van der Waals surface area contributed by atoms with Gasteiger partial charge in [-0.3, -0.25) is 4.79 Å². The Bertz CT molecular complexity index is 511. The molecule has 0 saturated heterocycles. The van der Waals surface area contributed by atoms with Crippen LogP contribution in [0.25, 0.3) is 0 Å². The van der Waals surface area contributed by atoms with Gasteiger partial charge in [0.15, 0.2) is 0 Å². The van der Waals surface area contributed by atoms with Crippen LogP contribution in [-0.4, -0.2) is 18.6 Å². The molecule has 1 aromatic carbocycles. The molecule has 4 nitrogen and oxygen atoms in total. The van der Waals surface area contributed by atoms with Crippen molar-refractivity contribution in [2.45, 2.75) is 25.1 Å². The first-order chi connectivity index (χ1) is 9.31. The predicted molar refractivity (Wildman–Crippen MR) is 66.2 cm³/mol. The lowest BCUT2D eigenvalue weighted by molar-refractivity contribution is -0.138. The van der Waals surface area contributed by atoms with Gasteiger partial charge in [-0.05, 0) is 43.5 Å². The number of rotatable bonds is 4. The Hall–Kier alpha value is -1.76. The first-order valence-corrected chi connectivity index (χ1v) is 6.19. The van der Waals surface area contributed by atoms with Gasteiger partial charge >= 0.3 is 6.18 Å². The molecule has 7 heteroatoms. The van der Waals surface area contributed by atoms with Crippen LogP contribution in [0.5, 0.6) is 5.75 Å². The third-order valence-electron chi connectivity index (χ3n) is 3.39. The van der Waals surface area contributed by atoms with Crippen LogP contribution in [0.15, 0.2) is 18.2 Å². The lowest BCUT2D eigenvalue weighted by Gasteiger charge is -2.34. The minimum Gasteiger partial charge on any atom is -0.490 e. The van der Waals surface area contributed by atoms with Crippen molar-refractivity contribution < 1.29 is 22.7 Å². The van der Waals surface area contributed by atoms with E-state index in [1.165, 1.54) is 6.07 Å². The van der Waals surface area contributed by atoms with Crippen molar-refractivity contribution in [3.63, 3.8) is 0 Å². The number of benzene rings is 1. The van der Waals surface area contributed by atoms with Crippen molar-refractivity contribution in [3.8, 4) is 5.75 Å². The predicted octanol–water partition coefficient (Wildman–Crippen LogP) is 1.92. The van der Waals surface area contributed by atoms with Crippen LogP contribution in [-0.2, 0) is 6.18 Å². The minimum absolute atomic E-state index is 0.0859. The highest BCUT2D eigenvalue weighted by Crippen LogP contribution is 2.36. The normalized spacial score (nSPS) is 22.2. The van der Waals surface area contributed by atoms with Crippen LogP contribution in [0.4, 0.5) is 13.2 Å². The summed E-state index contributed by atoms with van der Waals surface area (Å²) in [6.45, 7) is 0.550. The van der Waals surface area contributed by atoms with E-state index in [4.69, 9.17) is 16.2 Å². The van der Waals surface area contributed by atoms with Gasteiger partial charge in [-0.25, -0.2) is 0 Å². The summed E-state index contributed by atoms with van der Waals surface area (Å²) in [7, 11) is 0. The summed E-state index contributed by atoms with van der Waals surface area (Å²) >= 11 is 0. The number of amides is 1. The molecule has 0 radical (unpaired) electrons. The van der Waals surface area contributed by atoms with Gasteiger partial charge in [-0.15, -0.1) is 0 Å². The maximum absolute atomic E-state index is 12.9. The number of nitrogens with two attached hydrogens (primary N) is 2. The zero-order valence-electron chi connectivity index (χ0n) is 10.6. The van der Waals surface area contributed by atoms with Crippen molar-refractivity contribution >= 4 is 5.91 Å². The van der Waals surface area contributed by atoms with Gasteiger partial charge in [-0.1, -0.05) is 0 Å². The van der Waals surface area contributed by atoms with E-state index in [1.807, 2.05) is 0 Å². The number of hydrogen-bond acceptors (Lipinski definition) is 3. The molecule has 0 heterocycles. The van der Waals surface area contributed by atoms with Crippen LogP contribution in [0.3, 0.4) is 0 Å². The van der Waals surface area contributed by atoms with E-state index in [0.717, 1.165) is 25.0 Å². The highest BCUT2D eigenvalue weighted by molar-refractivity contribution is 5.94. The van der Waals surface area contributed by atoms with Gasteiger partial charge in [0.2, 0.25) is 5.91 Å². The van der Waals surface area contributed by atoms with Gasteiger partial charge in [0.1, 0.15) is 5.75 Å². The summed E-state index contributed by atoms with van der Waals surface area (Å²) in [5, 5.41) is 0. The number of carbonyl (C=O) groups excluding carboxylic acids is 1. The highest BCUT2D eigenvalue weighted by Gasteiger charge is 2.36. The lowest BCUT2D eigenvalue weighted by atomic mass is 9.82. The van der Waals surface area contributed by atoms with E-state index in [1.54, 1.807) is 0 Å². The minimum atomic E-state index is -4.65.